The lowest BCUT2D eigenvalue weighted by atomic mass is 10.2. The SMILES string of the molecule is Nn1c(C(F)(F)F)cc(=O)n(-c2ccc(OCc3ccc(Cl)nc3)cc2F)c1=O. The van der Waals surface area contributed by atoms with Crippen molar-refractivity contribution in [3.8, 4) is 11.4 Å². The third-order valence-corrected chi connectivity index (χ3v) is 4.01. The molecule has 12 heteroatoms. The second kappa shape index (κ2) is 7.59. The Bertz CT molecular complexity index is 1170. The van der Waals surface area contributed by atoms with Crippen LogP contribution in [0.5, 0.6) is 5.75 Å². The summed E-state index contributed by atoms with van der Waals surface area (Å²) in [5.41, 5.74) is -4.52. The van der Waals surface area contributed by atoms with Gasteiger partial charge in [0.25, 0.3) is 5.56 Å². The minimum absolute atomic E-state index is 0.0266. The van der Waals surface area contributed by atoms with Gasteiger partial charge in [-0.3, -0.25) is 4.79 Å². The Balaban J connectivity index is 1.93. The zero-order valence-electron chi connectivity index (χ0n) is 14.3. The average Bonchev–Trinajstić information content (AvgIpc) is 2.65. The van der Waals surface area contributed by atoms with E-state index in [1.165, 1.54) is 12.3 Å². The summed E-state index contributed by atoms with van der Waals surface area (Å²) < 4.78 is 58.3. The van der Waals surface area contributed by atoms with E-state index in [1.54, 1.807) is 12.1 Å². The van der Waals surface area contributed by atoms with E-state index in [-0.39, 0.29) is 32.8 Å². The van der Waals surface area contributed by atoms with Crippen LogP contribution >= 0.6 is 11.6 Å². The van der Waals surface area contributed by atoms with Gasteiger partial charge in [0, 0.05) is 23.9 Å². The highest BCUT2D eigenvalue weighted by atomic mass is 35.5. The molecule has 0 saturated carbocycles. The highest BCUT2D eigenvalue weighted by molar-refractivity contribution is 6.29. The molecule has 0 fully saturated rings. The summed E-state index contributed by atoms with van der Waals surface area (Å²) in [7, 11) is 0. The number of nitrogens with zero attached hydrogens (tertiary/aromatic N) is 3. The molecule has 3 aromatic rings. The summed E-state index contributed by atoms with van der Waals surface area (Å²) in [5.74, 6) is 4.12. The lowest BCUT2D eigenvalue weighted by Crippen LogP contribution is -2.45. The number of alkyl halides is 3. The van der Waals surface area contributed by atoms with E-state index < -0.39 is 34.6 Å². The van der Waals surface area contributed by atoms with Gasteiger partial charge in [-0.05, 0) is 18.2 Å². The van der Waals surface area contributed by atoms with Gasteiger partial charge < -0.3 is 10.6 Å². The van der Waals surface area contributed by atoms with E-state index >= 15 is 0 Å². The van der Waals surface area contributed by atoms with Gasteiger partial charge in [0.15, 0.2) is 11.5 Å². The summed E-state index contributed by atoms with van der Waals surface area (Å²) in [4.78, 5) is 28.0. The molecular weight excluding hydrogens is 420 g/mol. The summed E-state index contributed by atoms with van der Waals surface area (Å²) >= 11 is 5.67. The molecule has 0 unspecified atom stereocenters. The Morgan fingerprint density at radius 3 is 2.45 bits per heavy atom. The van der Waals surface area contributed by atoms with Crippen LogP contribution in [-0.4, -0.2) is 14.2 Å². The summed E-state index contributed by atoms with van der Waals surface area (Å²) in [6.45, 7) is 0.0266. The number of pyridine rings is 1. The minimum Gasteiger partial charge on any atom is -0.489 e. The summed E-state index contributed by atoms with van der Waals surface area (Å²) in [5, 5.41) is 0.289. The summed E-state index contributed by atoms with van der Waals surface area (Å²) in [6, 6.07) is 6.43. The van der Waals surface area contributed by atoms with Gasteiger partial charge in [-0.1, -0.05) is 17.7 Å². The maximum absolute atomic E-state index is 14.5. The lowest BCUT2D eigenvalue weighted by Gasteiger charge is -2.14. The van der Waals surface area contributed by atoms with Gasteiger partial charge >= 0.3 is 11.9 Å². The monoisotopic (exact) mass is 430 g/mol. The van der Waals surface area contributed by atoms with Crippen molar-refractivity contribution >= 4 is 11.6 Å². The maximum Gasteiger partial charge on any atom is 0.433 e. The van der Waals surface area contributed by atoms with Crippen molar-refractivity contribution in [1.82, 2.24) is 14.2 Å². The van der Waals surface area contributed by atoms with Crippen molar-refractivity contribution in [2.45, 2.75) is 12.8 Å². The average molecular weight is 431 g/mol. The second-order valence-corrected chi connectivity index (χ2v) is 6.13. The molecule has 0 bridgehead atoms. The fraction of sp³-hybridized carbons (Fsp3) is 0.118. The van der Waals surface area contributed by atoms with Crippen molar-refractivity contribution < 1.29 is 22.3 Å². The van der Waals surface area contributed by atoms with Gasteiger partial charge in [0.05, 0.1) is 5.69 Å². The van der Waals surface area contributed by atoms with Crippen molar-refractivity contribution in [1.29, 1.82) is 0 Å². The second-order valence-electron chi connectivity index (χ2n) is 5.74. The highest BCUT2D eigenvalue weighted by Gasteiger charge is 2.36. The Morgan fingerprint density at radius 2 is 1.86 bits per heavy atom. The first-order chi connectivity index (χ1) is 13.6. The van der Waals surface area contributed by atoms with Crippen LogP contribution in [0.2, 0.25) is 5.15 Å². The quantitative estimate of drug-likeness (QED) is 0.390. The van der Waals surface area contributed by atoms with Gasteiger partial charge in [0.1, 0.15) is 17.5 Å². The molecule has 0 radical (unpaired) electrons. The van der Waals surface area contributed by atoms with E-state index in [4.69, 9.17) is 22.2 Å². The number of benzene rings is 1. The maximum atomic E-state index is 14.5. The lowest BCUT2D eigenvalue weighted by molar-refractivity contribution is -0.143. The molecule has 2 N–H and O–H groups in total. The third kappa shape index (κ3) is 4.24. The summed E-state index contributed by atoms with van der Waals surface area (Å²) in [6.07, 6.45) is -3.57. The van der Waals surface area contributed by atoms with E-state index in [0.717, 1.165) is 12.1 Å². The van der Waals surface area contributed by atoms with Crippen molar-refractivity contribution in [3.05, 3.63) is 85.7 Å². The minimum atomic E-state index is -5.03. The van der Waals surface area contributed by atoms with Crippen LogP contribution in [0.1, 0.15) is 11.3 Å². The molecule has 2 heterocycles. The van der Waals surface area contributed by atoms with Gasteiger partial charge in [-0.2, -0.15) is 13.2 Å². The number of ether oxygens (including phenoxy) is 1. The standard InChI is InChI=1S/C17H11ClF4N4O3/c18-14-4-1-9(7-24-14)8-29-10-2-3-12(11(19)5-10)25-15(27)6-13(17(20,21)22)26(23)16(25)28/h1-7H,8,23H2. The number of aromatic nitrogens is 3. The highest BCUT2D eigenvalue weighted by Crippen LogP contribution is 2.27. The number of nitrogens with two attached hydrogens (primary N) is 1. The molecule has 0 spiro atoms. The smallest absolute Gasteiger partial charge is 0.433 e. The zero-order valence-corrected chi connectivity index (χ0v) is 15.0. The van der Waals surface area contributed by atoms with Crippen LogP contribution in [0, 0.1) is 5.82 Å². The fourth-order valence-corrected chi connectivity index (χ4v) is 2.53. The predicted octanol–water partition coefficient (Wildman–Crippen LogP) is 2.50. The van der Waals surface area contributed by atoms with Crippen LogP contribution in [0.25, 0.3) is 5.69 Å². The van der Waals surface area contributed by atoms with E-state index in [2.05, 4.69) is 4.98 Å². The molecule has 3 rings (SSSR count). The molecule has 152 valence electrons. The third-order valence-electron chi connectivity index (χ3n) is 3.78. The Morgan fingerprint density at radius 1 is 1.14 bits per heavy atom. The first kappa shape index (κ1) is 20.4. The largest absolute Gasteiger partial charge is 0.489 e. The first-order valence-electron chi connectivity index (χ1n) is 7.82. The molecule has 29 heavy (non-hydrogen) atoms. The zero-order chi connectivity index (χ0) is 21.3. The normalized spacial score (nSPS) is 11.5. The van der Waals surface area contributed by atoms with Crippen LogP contribution in [0.4, 0.5) is 17.6 Å². The van der Waals surface area contributed by atoms with Crippen LogP contribution in [-0.2, 0) is 12.8 Å². The van der Waals surface area contributed by atoms with Crippen LogP contribution < -0.4 is 21.8 Å². The molecule has 2 aromatic heterocycles. The van der Waals surface area contributed by atoms with E-state index in [1.807, 2.05) is 0 Å². The van der Waals surface area contributed by atoms with Gasteiger partial charge in [-0.25, -0.2) is 23.4 Å². The Kier molecular flexibility index (Phi) is 5.33. The molecule has 0 aliphatic rings. The van der Waals surface area contributed by atoms with Crippen LogP contribution in [0.3, 0.4) is 0 Å². The van der Waals surface area contributed by atoms with Crippen molar-refractivity contribution in [2.24, 2.45) is 0 Å². The number of hydrogen-bond acceptors (Lipinski definition) is 5. The predicted molar refractivity (Wildman–Crippen MR) is 95.0 cm³/mol. The molecule has 0 amide bonds. The number of nitrogen functional groups attached to an aromatic ring is 1. The molecule has 0 atom stereocenters. The molecule has 0 saturated heterocycles. The molecule has 0 aliphatic heterocycles. The van der Waals surface area contributed by atoms with E-state index in [0.29, 0.717) is 5.56 Å². The van der Waals surface area contributed by atoms with Gasteiger partial charge in [0.2, 0.25) is 0 Å². The molecule has 0 aliphatic carbocycles. The number of rotatable bonds is 4. The number of halogens is 5. The topological polar surface area (TPSA) is 92.1 Å². The molecule has 1 aromatic carbocycles. The van der Waals surface area contributed by atoms with Crippen molar-refractivity contribution in [2.75, 3.05) is 5.84 Å². The van der Waals surface area contributed by atoms with Gasteiger partial charge in [-0.15, -0.1) is 0 Å². The van der Waals surface area contributed by atoms with Crippen LogP contribution in [0.15, 0.2) is 52.2 Å². The Hall–Kier alpha value is -3.34. The fourth-order valence-electron chi connectivity index (χ4n) is 2.41. The molecular formula is C17H11ClF4N4O3. The number of hydrogen-bond donors (Lipinski definition) is 1. The van der Waals surface area contributed by atoms with E-state index in [9.17, 15) is 27.2 Å². The van der Waals surface area contributed by atoms with Crippen molar-refractivity contribution in [3.63, 3.8) is 0 Å². The molecule has 7 nitrogen and oxygen atoms in total. The first-order valence-corrected chi connectivity index (χ1v) is 8.20. The Labute approximate surface area is 164 Å².